The van der Waals surface area contributed by atoms with E-state index >= 15 is 0 Å². The van der Waals surface area contributed by atoms with E-state index in [4.69, 9.17) is 54.5 Å². The first-order valence-corrected chi connectivity index (χ1v) is 31.9. The number of fused-ring (bicyclic) bond motifs is 1. The lowest BCUT2D eigenvalue weighted by Gasteiger charge is -2.31. The molecule has 0 bridgehead atoms. The van der Waals surface area contributed by atoms with Crippen molar-refractivity contribution in [1.29, 1.82) is 0 Å². The Morgan fingerprint density at radius 1 is 0.412 bits per heavy atom. The first kappa shape index (κ1) is 72.2. The molecular weight excluding hydrogens is 1150 g/mol. The highest BCUT2D eigenvalue weighted by Crippen LogP contribution is 2.29. The standard InChI is InChI=1S/3C13H19NO2.C8H11N.C5H9BrO.C5H11NO2.C5H8O2.C5H8O/c3*1-10(11-5-3-2-4-6-11)14-12-9-16-8-7-13(12)15;1-7(9)8-5-3-2-4-6-8;6-5-1-3-7-4-2-5;6-4-3-8-2-1-5(4)7;1-2-6-3-5-4(1)7-5;1-2-4-6-5-3-1/h3*2-6,10,12-15H,7-9H2,1H3;2-7H,9H2,1H3;5H,1-4H2;4-5,7H,1-3,6H2;4-5H,1-3H2;1-2H,3-5H2/t10-,12+,13+;2*10-,12-,13-;7-;;4-,5-;;/m0000.0../s1. The second-order valence-electron chi connectivity index (χ2n) is 22.5. The van der Waals surface area contributed by atoms with E-state index in [9.17, 15) is 15.3 Å². The zero-order valence-electron chi connectivity index (χ0n) is 51.0. The summed E-state index contributed by atoms with van der Waals surface area (Å²) in [6, 6.07) is 41.6. The highest BCUT2D eigenvalue weighted by Gasteiger charge is 2.41. The highest BCUT2D eigenvalue weighted by molar-refractivity contribution is 9.09. The van der Waals surface area contributed by atoms with Crippen molar-refractivity contribution in [3.8, 4) is 0 Å². The lowest BCUT2D eigenvalue weighted by Crippen LogP contribution is -2.47. The molecule has 7 fully saturated rings. The van der Waals surface area contributed by atoms with Crippen molar-refractivity contribution >= 4 is 15.9 Å². The lowest BCUT2D eigenvalue weighted by molar-refractivity contribution is -0.0186. The van der Waals surface area contributed by atoms with Gasteiger partial charge >= 0.3 is 0 Å². The average Bonchev–Trinajstić information content (AvgIpc) is 4.56. The zero-order valence-corrected chi connectivity index (χ0v) is 52.6. The molecule has 4 aromatic carbocycles. The number of epoxide rings is 1. The molecule has 476 valence electrons. The number of ether oxygens (including phenoxy) is 8. The van der Waals surface area contributed by atoms with E-state index in [0.29, 0.717) is 71.5 Å². The molecule has 4 aromatic rings. The summed E-state index contributed by atoms with van der Waals surface area (Å²) in [5.74, 6) is 0. The minimum absolute atomic E-state index is 0.0453. The summed E-state index contributed by atoms with van der Waals surface area (Å²) < 4.78 is 41.4. The summed E-state index contributed by atoms with van der Waals surface area (Å²) in [5.41, 5.74) is 15.9. The fourth-order valence-electron chi connectivity index (χ4n) is 9.78. The monoisotopic (exact) mass is 1250 g/mol. The van der Waals surface area contributed by atoms with Crippen molar-refractivity contribution in [2.75, 3.05) is 92.5 Å². The molecule has 12 rings (SSSR count). The van der Waals surface area contributed by atoms with Gasteiger partial charge in [-0.3, -0.25) is 0 Å². The number of alkyl halides is 1. The summed E-state index contributed by atoms with van der Waals surface area (Å²) in [6.45, 7) is 18.6. The molecule has 0 aliphatic carbocycles. The van der Waals surface area contributed by atoms with Gasteiger partial charge in [0.2, 0.25) is 0 Å². The van der Waals surface area contributed by atoms with E-state index in [2.05, 4.69) is 95.1 Å². The topological polar surface area (TPSA) is 246 Å². The number of aliphatic hydroxyl groups excluding tert-OH is 4. The van der Waals surface area contributed by atoms with Gasteiger partial charge in [-0.1, -0.05) is 149 Å². The Balaban J connectivity index is 0.000000182. The molecule has 0 spiro atoms. The van der Waals surface area contributed by atoms with E-state index in [1.165, 1.54) is 35.1 Å². The van der Waals surface area contributed by atoms with Gasteiger partial charge in [0.15, 0.2) is 0 Å². The number of hydrogen-bond donors (Lipinski definition) is 9. The van der Waals surface area contributed by atoms with Gasteiger partial charge in [0.1, 0.15) is 6.10 Å². The van der Waals surface area contributed by atoms with Crippen molar-refractivity contribution in [2.24, 2.45) is 11.5 Å². The van der Waals surface area contributed by atoms with E-state index in [0.717, 1.165) is 76.6 Å². The van der Waals surface area contributed by atoms with Crippen LogP contribution in [0.3, 0.4) is 0 Å². The predicted octanol–water partition coefficient (Wildman–Crippen LogP) is 7.96. The smallest absolute Gasteiger partial charge is 0.107 e. The molecular formula is C67H104BrN5O12. The van der Waals surface area contributed by atoms with Crippen molar-refractivity contribution in [3.05, 3.63) is 156 Å². The maximum absolute atomic E-state index is 9.82. The molecule has 11 N–H and O–H groups in total. The number of nitrogens with one attached hydrogen (secondary N) is 3. The third-order valence-electron chi connectivity index (χ3n) is 15.4. The fourth-order valence-corrected chi connectivity index (χ4v) is 10.1. The van der Waals surface area contributed by atoms with Gasteiger partial charge in [0, 0.05) is 75.2 Å². The van der Waals surface area contributed by atoms with Crippen molar-refractivity contribution in [2.45, 2.75) is 169 Å². The number of halogens is 1. The quantitative estimate of drug-likeness (QED) is 0.0415. The maximum atomic E-state index is 9.82. The molecule has 0 amide bonds. The zero-order chi connectivity index (χ0) is 60.9. The van der Waals surface area contributed by atoms with Gasteiger partial charge in [-0.05, 0) is 101 Å². The lowest BCUT2D eigenvalue weighted by atomic mass is 10.0. The Labute approximate surface area is 516 Å². The van der Waals surface area contributed by atoms with Gasteiger partial charge in [-0.15, -0.1) is 0 Å². The summed E-state index contributed by atoms with van der Waals surface area (Å²) in [6.07, 6.45) is 11.4. The molecule has 8 heterocycles. The highest BCUT2D eigenvalue weighted by atomic mass is 79.9. The van der Waals surface area contributed by atoms with Crippen LogP contribution in [0, 0.1) is 0 Å². The second-order valence-corrected chi connectivity index (χ2v) is 23.8. The van der Waals surface area contributed by atoms with Crippen LogP contribution in [0.15, 0.2) is 133 Å². The Morgan fingerprint density at radius 3 is 1.02 bits per heavy atom. The molecule has 85 heavy (non-hydrogen) atoms. The van der Waals surface area contributed by atoms with E-state index in [1.807, 2.05) is 97.9 Å². The molecule has 0 radical (unpaired) electrons. The molecule has 8 aliphatic heterocycles. The molecule has 18 heteroatoms. The predicted molar refractivity (Wildman–Crippen MR) is 340 cm³/mol. The number of aliphatic hydroxyl groups is 4. The maximum Gasteiger partial charge on any atom is 0.107 e. The number of benzene rings is 4. The molecule has 17 nitrogen and oxygen atoms in total. The van der Waals surface area contributed by atoms with Gasteiger partial charge in [0.05, 0.1) is 101 Å². The van der Waals surface area contributed by atoms with Crippen LogP contribution in [0.4, 0.5) is 0 Å². The van der Waals surface area contributed by atoms with Crippen molar-refractivity contribution in [1.82, 2.24) is 16.0 Å². The minimum Gasteiger partial charge on any atom is -0.391 e. The SMILES string of the molecule is BrC1CCOCC1.C1=CCOCC1.C1CC2OC2CO1.C[C@H](N)c1ccccc1.C[C@H](N[C@@H]1COCC[C@H]1O)c1ccccc1.C[C@H](N[C@H]1COCC[C@@H]1O)c1ccccc1.C[C@H](N[C@H]1COCC[C@@H]1O)c1ccccc1.N[C@H]1COCC[C@@H]1O. The van der Waals surface area contributed by atoms with E-state index in [-0.39, 0.29) is 72.8 Å². The van der Waals surface area contributed by atoms with Gasteiger partial charge < -0.3 is 85.7 Å². The summed E-state index contributed by atoms with van der Waals surface area (Å²) in [5, 5.41) is 48.7. The fraction of sp³-hybridized carbons (Fsp3) is 0.612. The van der Waals surface area contributed by atoms with Crippen LogP contribution in [-0.2, 0) is 37.9 Å². The molecule has 2 unspecified atom stereocenters. The normalized spacial score (nSPS) is 28.3. The van der Waals surface area contributed by atoms with Crippen LogP contribution in [0.2, 0.25) is 0 Å². The van der Waals surface area contributed by atoms with Crippen molar-refractivity contribution in [3.63, 3.8) is 0 Å². The minimum atomic E-state index is -0.344. The molecule has 14 atom stereocenters. The summed E-state index contributed by atoms with van der Waals surface area (Å²) in [4.78, 5) is 0.723. The van der Waals surface area contributed by atoms with Crippen molar-refractivity contribution < 1.29 is 58.3 Å². The Morgan fingerprint density at radius 2 is 0.776 bits per heavy atom. The molecule has 7 saturated heterocycles. The van der Waals surface area contributed by atoms with Gasteiger partial charge in [-0.2, -0.15) is 0 Å². The Hall–Kier alpha value is -3.58. The third kappa shape index (κ3) is 30.5. The number of hydrogen-bond acceptors (Lipinski definition) is 17. The Bertz CT molecular complexity index is 2080. The average molecular weight is 1250 g/mol. The molecule has 0 saturated carbocycles. The van der Waals surface area contributed by atoms with E-state index < -0.39 is 0 Å². The van der Waals surface area contributed by atoms with Crippen LogP contribution in [0.5, 0.6) is 0 Å². The van der Waals surface area contributed by atoms with Gasteiger partial charge in [0.25, 0.3) is 0 Å². The van der Waals surface area contributed by atoms with Crippen LogP contribution < -0.4 is 27.4 Å². The van der Waals surface area contributed by atoms with E-state index in [1.54, 1.807) is 0 Å². The number of rotatable bonds is 10. The van der Waals surface area contributed by atoms with Crippen LogP contribution in [0.1, 0.15) is 125 Å². The van der Waals surface area contributed by atoms with Crippen LogP contribution in [0.25, 0.3) is 0 Å². The van der Waals surface area contributed by atoms with Gasteiger partial charge in [-0.25, -0.2) is 0 Å². The third-order valence-corrected chi connectivity index (χ3v) is 16.3. The molecule has 0 aromatic heterocycles. The first-order chi connectivity index (χ1) is 41.3. The largest absolute Gasteiger partial charge is 0.391 e. The van der Waals surface area contributed by atoms with Crippen LogP contribution >= 0.6 is 15.9 Å². The molecule has 8 aliphatic rings. The van der Waals surface area contributed by atoms with Crippen LogP contribution in [-0.4, -0.2) is 179 Å². The summed E-state index contributed by atoms with van der Waals surface area (Å²) >= 11 is 3.51. The first-order valence-electron chi connectivity index (χ1n) is 31.0. The Kier molecular flexibility index (Phi) is 36.6. The number of nitrogens with two attached hydrogens (primary N) is 2. The second kappa shape index (κ2) is 43.2. The summed E-state index contributed by atoms with van der Waals surface area (Å²) in [7, 11) is 0.